The van der Waals surface area contributed by atoms with Crippen LogP contribution in [0, 0.1) is 17.2 Å². The number of nitrogens with one attached hydrogen (secondary N) is 1. The minimum Gasteiger partial charge on any atom is -0.490 e. The van der Waals surface area contributed by atoms with Crippen molar-refractivity contribution in [3.8, 4) is 22.4 Å². The molecule has 0 radical (unpaired) electrons. The van der Waals surface area contributed by atoms with Gasteiger partial charge in [0.15, 0.2) is 0 Å². The van der Waals surface area contributed by atoms with Crippen molar-refractivity contribution in [2.24, 2.45) is 5.92 Å². The van der Waals surface area contributed by atoms with Crippen molar-refractivity contribution < 1.29 is 9.53 Å². The fraction of sp³-hybridized carbons (Fsp3) is 0.483. The Morgan fingerprint density at radius 1 is 1.30 bits per heavy atom. The topological polar surface area (TPSA) is 81.5 Å². The summed E-state index contributed by atoms with van der Waals surface area (Å²) in [6, 6.07) is 8.53. The van der Waals surface area contributed by atoms with Gasteiger partial charge in [0, 0.05) is 41.7 Å². The molecule has 0 spiro atoms. The van der Waals surface area contributed by atoms with Gasteiger partial charge in [0.25, 0.3) is 0 Å². The van der Waals surface area contributed by atoms with E-state index in [-0.39, 0.29) is 24.1 Å². The lowest BCUT2D eigenvalue weighted by Crippen LogP contribution is -2.45. The zero-order valence-corrected chi connectivity index (χ0v) is 22.8. The molecule has 0 bridgehead atoms. The first kappa shape index (κ1) is 25.5. The highest BCUT2D eigenvalue weighted by Gasteiger charge is 2.39. The number of carbonyl (C=O) groups is 1. The van der Waals surface area contributed by atoms with Gasteiger partial charge in [-0.15, -0.1) is 11.3 Å². The van der Waals surface area contributed by atoms with Gasteiger partial charge in [-0.2, -0.15) is 5.26 Å². The molecule has 3 aliphatic rings. The number of nitriles is 1. The number of carbonyl (C=O) groups excluding carboxylic acids is 1. The van der Waals surface area contributed by atoms with E-state index in [2.05, 4.69) is 48.6 Å². The molecule has 2 aromatic rings. The van der Waals surface area contributed by atoms with Crippen LogP contribution in [-0.2, 0) is 0 Å². The third kappa shape index (κ3) is 5.29. The standard InChI is InChI=1S/C29H35N5O2S/c1-18(2)36-26-11-8-19(14-20(26)15-30)28-31-16-27(37-28)24-7-5-6-23-22(24)9-10-25(23)32-29(35)34-13-12-21(17-34)33(3)4/h5-8,11,14,16,18,21-22,24-25H,9-10,12-13,17H2,1-4H3,(H,32,35). The Kier molecular flexibility index (Phi) is 7.36. The first-order chi connectivity index (χ1) is 17.8. The normalized spacial score (nSPS) is 24.8. The Morgan fingerprint density at radius 3 is 2.86 bits per heavy atom. The number of ether oxygens (including phenoxy) is 1. The van der Waals surface area contributed by atoms with Crippen LogP contribution >= 0.6 is 11.3 Å². The summed E-state index contributed by atoms with van der Waals surface area (Å²) in [7, 11) is 4.16. The zero-order chi connectivity index (χ0) is 26.1. The van der Waals surface area contributed by atoms with E-state index < -0.39 is 0 Å². The van der Waals surface area contributed by atoms with E-state index in [9.17, 15) is 10.1 Å². The van der Waals surface area contributed by atoms with Crippen molar-refractivity contribution in [3.63, 3.8) is 0 Å². The van der Waals surface area contributed by atoms with E-state index >= 15 is 0 Å². The number of fused-ring (bicyclic) bond motifs is 1. The maximum atomic E-state index is 13.0. The average molecular weight is 518 g/mol. The van der Waals surface area contributed by atoms with Crippen LogP contribution in [-0.4, -0.2) is 66.2 Å². The van der Waals surface area contributed by atoms with E-state index in [1.807, 2.05) is 43.1 Å². The van der Waals surface area contributed by atoms with Crippen LogP contribution in [0.25, 0.3) is 10.6 Å². The van der Waals surface area contributed by atoms with Crippen LogP contribution in [0.5, 0.6) is 5.75 Å². The molecule has 1 saturated heterocycles. The van der Waals surface area contributed by atoms with E-state index in [0.29, 0.717) is 23.3 Å². The summed E-state index contributed by atoms with van der Waals surface area (Å²) in [6.45, 7) is 5.51. The number of aromatic nitrogens is 1. The van der Waals surface area contributed by atoms with Gasteiger partial charge in [-0.3, -0.25) is 0 Å². The van der Waals surface area contributed by atoms with Gasteiger partial charge in [0.05, 0.1) is 17.7 Å². The van der Waals surface area contributed by atoms with Crippen LogP contribution in [0.15, 0.2) is 48.2 Å². The lowest BCUT2D eigenvalue weighted by atomic mass is 9.83. The van der Waals surface area contributed by atoms with Crippen LogP contribution in [0.3, 0.4) is 0 Å². The van der Waals surface area contributed by atoms with Crippen molar-refractivity contribution >= 4 is 17.4 Å². The van der Waals surface area contributed by atoms with Gasteiger partial charge in [-0.25, -0.2) is 9.78 Å². The van der Waals surface area contributed by atoms with Gasteiger partial charge < -0.3 is 19.9 Å². The van der Waals surface area contributed by atoms with Crippen molar-refractivity contribution in [1.82, 2.24) is 20.1 Å². The second kappa shape index (κ2) is 10.7. The predicted octanol–water partition coefficient (Wildman–Crippen LogP) is 5.17. The van der Waals surface area contributed by atoms with Gasteiger partial charge in [0.1, 0.15) is 16.8 Å². The number of hydrogen-bond acceptors (Lipinski definition) is 6. The van der Waals surface area contributed by atoms with Crippen molar-refractivity contribution in [1.29, 1.82) is 5.26 Å². The molecule has 7 nitrogen and oxygen atoms in total. The molecule has 2 heterocycles. The molecule has 1 aromatic heterocycles. The number of thiazole rings is 1. The molecular formula is C29H35N5O2S. The summed E-state index contributed by atoms with van der Waals surface area (Å²) in [4.78, 5) is 23.1. The Balaban J connectivity index is 1.27. The number of rotatable bonds is 6. The van der Waals surface area contributed by atoms with E-state index in [0.717, 1.165) is 42.9 Å². The molecule has 37 heavy (non-hydrogen) atoms. The summed E-state index contributed by atoms with van der Waals surface area (Å²) in [6.07, 6.45) is 11.6. The molecule has 4 unspecified atom stereocenters. The number of hydrogen-bond donors (Lipinski definition) is 1. The highest BCUT2D eigenvalue weighted by molar-refractivity contribution is 7.15. The van der Waals surface area contributed by atoms with E-state index in [4.69, 9.17) is 9.72 Å². The van der Waals surface area contributed by atoms with Crippen LogP contribution in [0.4, 0.5) is 4.79 Å². The van der Waals surface area contributed by atoms with Gasteiger partial charge in [-0.05, 0) is 76.9 Å². The van der Waals surface area contributed by atoms with Crippen molar-refractivity contribution in [2.45, 2.75) is 57.2 Å². The number of likely N-dealkylation sites (N-methyl/N-ethyl adjacent to an activating group) is 1. The maximum absolute atomic E-state index is 13.0. The predicted molar refractivity (Wildman–Crippen MR) is 147 cm³/mol. The summed E-state index contributed by atoms with van der Waals surface area (Å²) in [5.41, 5.74) is 2.77. The number of allylic oxidation sites excluding steroid dienone is 3. The van der Waals surface area contributed by atoms with Crippen molar-refractivity contribution in [2.75, 3.05) is 27.2 Å². The first-order valence-corrected chi connectivity index (χ1v) is 13.9. The van der Waals surface area contributed by atoms with Gasteiger partial charge >= 0.3 is 6.03 Å². The third-order valence-electron chi connectivity index (χ3n) is 7.68. The van der Waals surface area contributed by atoms with Crippen LogP contribution < -0.4 is 10.1 Å². The maximum Gasteiger partial charge on any atom is 0.317 e. The SMILES string of the molecule is CC(C)Oc1ccc(-c2ncc(C3C=CC=C4C(NC(=O)N5CCC(N(C)C)C5)CCC43)s2)cc1C#N. The highest BCUT2D eigenvalue weighted by Crippen LogP contribution is 2.46. The second-order valence-corrected chi connectivity index (χ2v) is 11.7. The average Bonchev–Trinajstić information content (AvgIpc) is 3.64. The van der Waals surface area contributed by atoms with Crippen molar-refractivity contribution in [3.05, 3.63) is 58.6 Å². The van der Waals surface area contributed by atoms with Crippen LogP contribution in [0.1, 0.15) is 49.5 Å². The molecule has 1 aromatic carbocycles. The second-order valence-electron chi connectivity index (χ2n) is 10.7. The molecule has 1 saturated carbocycles. The molecule has 5 rings (SSSR count). The third-order valence-corrected chi connectivity index (χ3v) is 8.83. The zero-order valence-electron chi connectivity index (χ0n) is 22.0. The molecule has 4 atom stereocenters. The molecule has 2 amide bonds. The summed E-state index contributed by atoms with van der Waals surface area (Å²) < 4.78 is 5.77. The molecule has 194 valence electrons. The summed E-state index contributed by atoms with van der Waals surface area (Å²) in [5, 5.41) is 13.8. The lowest BCUT2D eigenvalue weighted by Gasteiger charge is -2.27. The molecule has 8 heteroatoms. The lowest BCUT2D eigenvalue weighted by molar-refractivity contribution is 0.201. The summed E-state index contributed by atoms with van der Waals surface area (Å²) >= 11 is 1.68. The Labute approximate surface area is 223 Å². The summed E-state index contributed by atoms with van der Waals surface area (Å²) in [5.74, 6) is 1.22. The number of amides is 2. The highest BCUT2D eigenvalue weighted by atomic mass is 32.1. The quantitative estimate of drug-likeness (QED) is 0.572. The Morgan fingerprint density at radius 2 is 2.14 bits per heavy atom. The first-order valence-electron chi connectivity index (χ1n) is 13.1. The number of nitrogens with zero attached hydrogens (tertiary/aromatic N) is 4. The van der Waals surface area contributed by atoms with Gasteiger partial charge in [-0.1, -0.05) is 18.2 Å². The van der Waals surface area contributed by atoms with Crippen LogP contribution in [0.2, 0.25) is 0 Å². The molecule has 2 fully saturated rings. The Bertz CT molecular complexity index is 1260. The number of benzene rings is 1. The van der Waals surface area contributed by atoms with E-state index in [1.165, 1.54) is 10.5 Å². The van der Waals surface area contributed by atoms with Gasteiger partial charge in [0.2, 0.25) is 0 Å². The fourth-order valence-electron chi connectivity index (χ4n) is 5.70. The monoisotopic (exact) mass is 517 g/mol. The smallest absolute Gasteiger partial charge is 0.317 e. The largest absolute Gasteiger partial charge is 0.490 e. The number of urea groups is 1. The molecular weight excluding hydrogens is 482 g/mol. The molecule has 2 aliphatic carbocycles. The molecule has 1 aliphatic heterocycles. The molecule has 1 N–H and O–H groups in total. The van der Waals surface area contributed by atoms with E-state index in [1.54, 1.807) is 11.3 Å². The fourth-order valence-corrected chi connectivity index (χ4v) is 6.76. The number of likely N-dealkylation sites (tertiary alicyclic amines) is 1. The Hall–Kier alpha value is -3.15. The minimum absolute atomic E-state index is 0.00934. The minimum atomic E-state index is 0.00934.